The summed E-state index contributed by atoms with van der Waals surface area (Å²) in [5.74, 6) is -2.78. The zero-order chi connectivity index (χ0) is 13.4. The average molecular weight is 244 g/mol. The molecule has 7 heteroatoms. The summed E-state index contributed by atoms with van der Waals surface area (Å²) in [4.78, 5) is 33.5. The second-order valence-electron chi connectivity index (χ2n) is 3.44. The number of nitrogens with zero attached hydrogens (tertiary/aromatic N) is 1. The van der Waals surface area contributed by atoms with Gasteiger partial charge in [0.15, 0.2) is 0 Å². The highest BCUT2D eigenvalue weighted by molar-refractivity contribution is 5.82. The van der Waals surface area contributed by atoms with E-state index in [1.54, 1.807) is 0 Å². The Balaban J connectivity index is 4.27. The van der Waals surface area contributed by atoms with Crippen molar-refractivity contribution >= 4 is 17.8 Å². The van der Waals surface area contributed by atoms with E-state index in [-0.39, 0.29) is 19.4 Å². The Morgan fingerprint density at radius 1 is 1.35 bits per heavy atom. The second-order valence-corrected chi connectivity index (χ2v) is 3.44. The molecule has 1 unspecified atom stereocenters. The van der Waals surface area contributed by atoms with Crippen LogP contribution in [0.2, 0.25) is 0 Å². The van der Waals surface area contributed by atoms with Gasteiger partial charge in [0.1, 0.15) is 12.6 Å². The van der Waals surface area contributed by atoms with Crippen LogP contribution in [-0.2, 0) is 14.4 Å². The largest absolute Gasteiger partial charge is 0.480 e. The van der Waals surface area contributed by atoms with Crippen molar-refractivity contribution in [2.45, 2.75) is 18.9 Å². The molecule has 0 saturated heterocycles. The third-order valence-corrected chi connectivity index (χ3v) is 2.01. The molecule has 0 saturated carbocycles. The predicted molar refractivity (Wildman–Crippen MR) is 59.3 cm³/mol. The molecule has 1 atom stereocenters. The Morgan fingerprint density at radius 3 is 2.35 bits per heavy atom. The van der Waals surface area contributed by atoms with Crippen molar-refractivity contribution in [2.75, 3.05) is 13.1 Å². The lowest BCUT2D eigenvalue weighted by atomic mass is 10.1. The maximum atomic E-state index is 11.6. The molecule has 4 N–H and O–H groups in total. The van der Waals surface area contributed by atoms with Crippen LogP contribution in [0.25, 0.3) is 0 Å². The van der Waals surface area contributed by atoms with E-state index in [2.05, 4.69) is 6.58 Å². The van der Waals surface area contributed by atoms with Crippen molar-refractivity contribution in [1.82, 2.24) is 4.90 Å². The first kappa shape index (κ1) is 15.1. The van der Waals surface area contributed by atoms with Gasteiger partial charge in [0.2, 0.25) is 5.91 Å². The topological polar surface area (TPSA) is 121 Å². The van der Waals surface area contributed by atoms with Crippen molar-refractivity contribution in [3.05, 3.63) is 12.7 Å². The summed E-state index contributed by atoms with van der Waals surface area (Å²) >= 11 is 0. The highest BCUT2D eigenvalue weighted by Gasteiger charge is 2.18. The first-order chi connectivity index (χ1) is 7.88. The minimum atomic E-state index is -1.19. The summed E-state index contributed by atoms with van der Waals surface area (Å²) in [6.45, 7) is 3.08. The monoisotopic (exact) mass is 244 g/mol. The van der Waals surface area contributed by atoms with E-state index in [9.17, 15) is 14.4 Å². The first-order valence-electron chi connectivity index (χ1n) is 4.97. The predicted octanol–water partition coefficient (Wildman–Crippen LogP) is -0.722. The van der Waals surface area contributed by atoms with Crippen LogP contribution in [0, 0.1) is 0 Å². The van der Waals surface area contributed by atoms with Crippen LogP contribution in [0.5, 0.6) is 0 Å². The number of hydrogen-bond acceptors (Lipinski definition) is 4. The average Bonchev–Trinajstić information content (AvgIpc) is 2.23. The molecule has 0 fully saturated rings. The number of aliphatic carboxylic acids is 2. The molecule has 0 spiro atoms. The van der Waals surface area contributed by atoms with Gasteiger partial charge >= 0.3 is 11.9 Å². The van der Waals surface area contributed by atoms with Crippen LogP contribution in [0.3, 0.4) is 0 Å². The van der Waals surface area contributed by atoms with E-state index in [1.165, 1.54) is 6.08 Å². The fraction of sp³-hybridized carbons (Fsp3) is 0.500. The van der Waals surface area contributed by atoms with Gasteiger partial charge in [-0.15, -0.1) is 6.58 Å². The SMILES string of the molecule is C=CCN(CC(=O)O)C(=O)CCC(N)C(=O)O. The standard InChI is InChI=1S/C10H16N2O5/c1-2-5-12(6-9(14)15)8(13)4-3-7(11)10(16)17/h2,7H,1,3-6,11H2,(H,14,15)(H,16,17). The minimum absolute atomic E-state index is 0.0264. The molecule has 1 amide bonds. The van der Waals surface area contributed by atoms with Crippen LogP contribution in [0.4, 0.5) is 0 Å². The summed E-state index contributed by atoms with van der Waals surface area (Å²) < 4.78 is 0. The van der Waals surface area contributed by atoms with Gasteiger partial charge in [-0.05, 0) is 6.42 Å². The van der Waals surface area contributed by atoms with Crippen LogP contribution in [0.1, 0.15) is 12.8 Å². The lowest BCUT2D eigenvalue weighted by Crippen LogP contribution is -2.37. The number of rotatable bonds is 8. The highest BCUT2D eigenvalue weighted by atomic mass is 16.4. The van der Waals surface area contributed by atoms with E-state index < -0.39 is 30.4 Å². The second kappa shape index (κ2) is 7.39. The molecule has 0 aliphatic carbocycles. The smallest absolute Gasteiger partial charge is 0.323 e. The zero-order valence-corrected chi connectivity index (χ0v) is 9.33. The van der Waals surface area contributed by atoms with E-state index in [0.717, 1.165) is 4.90 Å². The number of carboxylic acid groups (broad SMARTS) is 2. The molecule has 0 radical (unpaired) electrons. The summed E-state index contributed by atoms with van der Waals surface area (Å²) in [7, 11) is 0. The normalized spacial score (nSPS) is 11.6. The number of amides is 1. The number of carboxylic acids is 2. The van der Waals surface area contributed by atoms with Crippen LogP contribution in [-0.4, -0.2) is 52.1 Å². The van der Waals surface area contributed by atoms with Gasteiger partial charge in [-0.1, -0.05) is 6.08 Å². The number of nitrogens with two attached hydrogens (primary N) is 1. The molecule has 0 aromatic heterocycles. The van der Waals surface area contributed by atoms with Crippen molar-refractivity contribution in [1.29, 1.82) is 0 Å². The van der Waals surface area contributed by atoms with Gasteiger partial charge in [0.05, 0.1) is 0 Å². The van der Waals surface area contributed by atoms with E-state index in [0.29, 0.717) is 0 Å². The Morgan fingerprint density at radius 2 is 1.94 bits per heavy atom. The summed E-state index contributed by atoms with van der Waals surface area (Å²) in [6.07, 6.45) is 1.27. The number of carbonyl (C=O) groups excluding carboxylic acids is 1. The molecule has 0 aromatic rings. The lowest BCUT2D eigenvalue weighted by Gasteiger charge is -2.19. The van der Waals surface area contributed by atoms with E-state index >= 15 is 0 Å². The Labute approximate surface area is 98.5 Å². The van der Waals surface area contributed by atoms with Gasteiger partial charge < -0.3 is 20.8 Å². The van der Waals surface area contributed by atoms with Crippen LogP contribution >= 0.6 is 0 Å². The van der Waals surface area contributed by atoms with Gasteiger partial charge in [-0.3, -0.25) is 14.4 Å². The van der Waals surface area contributed by atoms with Crippen molar-refractivity contribution in [3.63, 3.8) is 0 Å². The molecule has 0 heterocycles. The summed E-state index contributed by atoms with van der Waals surface area (Å²) in [6, 6.07) is -1.12. The number of carbonyl (C=O) groups is 3. The van der Waals surface area contributed by atoms with Crippen molar-refractivity contribution < 1.29 is 24.6 Å². The lowest BCUT2D eigenvalue weighted by molar-refractivity contribution is -0.144. The molecule has 0 bridgehead atoms. The highest BCUT2D eigenvalue weighted by Crippen LogP contribution is 2.01. The quantitative estimate of drug-likeness (QED) is 0.484. The van der Waals surface area contributed by atoms with Crippen LogP contribution < -0.4 is 5.73 Å². The van der Waals surface area contributed by atoms with Crippen molar-refractivity contribution in [3.8, 4) is 0 Å². The first-order valence-corrected chi connectivity index (χ1v) is 4.97. The molecule has 0 aliphatic rings. The maximum absolute atomic E-state index is 11.6. The minimum Gasteiger partial charge on any atom is -0.480 e. The Bertz CT molecular complexity index is 316. The molecule has 96 valence electrons. The molecule has 0 aliphatic heterocycles. The maximum Gasteiger partial charge on any atom is 0.323 e. The third kappa shape index (κ3) is 6.31. The fourth-order valence-electron chi connectivity index (χ4n) is 1.13. The molecule has 0 rings (SSSR count). The molecular weight excluding hydrogens is 228 g/mol. The van der Waals surface area contributed by atoms with Gasteiger partial charge in [0.25, 0.3) is 0 Å². The molecule has 17 heavy (non-hydrogen) atoms. The van der Waals surface area contributed by atoms with Crippen LogP contribution in [0.15, 0.2) is 12.7 Å². The van der Waals surface area contributed by atoms with Gasteiger partial charge in [-0.25, -0.2) is 0 Å². The fourth-order valence-corrected chi connectivity index (χ4v) is 1.13. The Kier molecular flexibility index (Phi) is 6.57. The molecular formula is C10H16N2O5. The summed E-state index contributed by atoms with van der Waals surface area (Å²) in [5.41, 5.74) is 5.23. The van der Waals surface area contributed by atoms with Crippen molar-refractivity contribution in [2.24, 2.45) is 5.73 Å². The zero-order valence-electron chi connectivity index (χ0n) is 9.33. The third-order valence-electron chi connectivity index (χ3n) is 2.01. The Hall–Kier alpha value is -1.89. The van der Waals surface area contributed by atoms with Gasteiger partial charge in [0, 0.05) is 13.0 Å². The van der Waals surface area contributed by atoms with Gasteiger partial charge in [-0.2, -0.15) is 0 Å². The number of hydrogen-bond donors (Lipinski definition) is 3. The summed E-state index contributed by atoms with van der Waals surface area (Å²) in [5, 5.41) is 17.1. The van der Waals surface area contributed by atoms with E-state index in [1.807, 2.05) is 0 Å². The molecule has 0 aromatic carbocycles. The van der Waals surface area contributed by atoms with E-state index in [4.69, 9.17) is 15.9 Å². The molecule has 7 nitrogen and oxygen atoms in total.